The second kappa shape index (κ2) is 8.04. The van der Waals surface area contributed by atoms with Crippen LogP contribution in [0.15, 0.2) is 18.2 Å². The lowest BCUT2D eigenvalue weighted by Gasteiger charge is -2.31. The second-order valence-electron chi connectivity index (χ2n) is 6.67. The van der Waals surface area contributed by atoms with E-state index in [4.69, 9.17) is 9.97 Å². The van der Waals surface area contributed by atoms with E-state index in [1.165, 1.54) is 5.56 Å². The number of carbonyl (C=O) groups excluding carboxylic acids is 1. The number of piperidine rings is 1. The second-order valence-corrected chi connectivity index (χ2v) is 7.66. The van der Waals surface area contributed by atoms with E-state index < -0.39 is 0 Å². The van der Waals surface area contributed by atoms with Crippen LogP contribution in [0.25, 0.3) is 10.9 Å². The van der Waals surface area contributed by atoms with Crippen molar-refractivity contribution in [2.75, 3.05) is 36.5 Å². The highest BCUT2D eigenvalue weighted by molar-refractivity contribution is 7.98. The van der Waals surface area contributed by atoms with Crippen LogP contribution in [0.3, 0.4) is 0 Å². The summed E-state index contributed by atoms with van der Waals surface area (Å²) in [5.41, 5.74) is 3.22. The van der Waals surface area contributed by atoms with Gasteiger partial charge in [0.1, 0.15) is 0 Å². The molecule has 0 spiro atoms. The minimum Gasteiger partial charge on any atom is -0.355 e. The molecule has 2 heterocycles. The zero-order valence-electron chi connectivity index (χ0n) is 15.2. The van der Waals surface area contributed by atoms with E-state index >= 15 is 0 Å². The summed E-state index contributed by atoms with van der Waals surface area (Å²) in [5.74, 6) is 2.06. The van der Waals surface area contributed by atoms with Crippen LogP contribution < -0.4 is 10.2 Å². The minimum absolute atomic E-state index is 0.113. The highest BCUT2D eigenvalue weighted by Gasteiger charge is 2.26. The lowest BCUT2D eigenvalue weighted by Crippen LogP contribution is -2.41. The predicted molar refractivity (Wildman–Crippen MR) is 105 cm³/mol. The van der Waals surface area contributed by atoms with Crippen LogP contribution in [0.1, 0.15) is 24.1 Å². The molecule has 0 atom stereocenters. The molecule has 1 fully saturated rings. The van der Waals surface area contributed by atoms with Crippen molar-refractivity contribution >= 4 is 34.5 Å². The van der Waals surface area contributed by atoms with Crippen LogP contribution in [-0.4, -0.2) is 47.5 Å². The van der Waals surface area contributed by atoms with Crippen molar-refractivity contribution in [2.24, 2.45) is 5.92 Å². The van der Waals surface area contributed by atoms with Gasteiger partial charge in [0.2, 0.25) is 11.9 Å². The number of fused-ring (bicyclic) bond motifs is 1. The van der Waals surface area contributed by atoms with Crippen molar-refractivity contribution in [1.82, 2.24) is 15.3 Å². The lowest BCUT2D eigenvalue weighted by atomic mass is 9.96. The van der Waals surface area contributed by atoms with E-state index in [-0.39, 0.29) is 11.8 Å². The van der Waals surface area contributed by atoms with Crippen LogP contribution in [0.5, 0.6) is 0 Å². The first-order valence-corrected chi connectivity index (χ1v) is 10.2. The smallest absolute Gasteiger partial charge is 0.226 e. The Morgan fingerprint density at radius 2 is 2.04 bits per heavy atom. The van der Waals surface area contributed by atoms with Gasteiger partial charge in [-0.25, -0.2) is 9.97 Å². The Kier molecular flexibility index (Phi) is 5.78. The van der Waals surface area contributed by atoms with Gasteiger partial charge in [0.25, 0.3) is 0 Å². The number of thioether (sulfide) groups is 1. The summed E-state index contributed by atoms with van der Waals surface area (Å²) in [4.78, 5) is 23.9. The normalized spacial score (nSPS) is 15.6. The summed E-state index contributed by atoms with van der Waals surface area (Å²) in [7, 11) is 0. The Morgan fingerprint density at radius 3 is 2.76 bits per heavy atom. The average Bonchev–Trinajstić information content (AvgIpc) is 2.61. The Labute approximate surface area is 153 Å². The van der Waals surface area contributed by atoms with E-state index in [1.54, 1.807) is 11.8 Å². The van der Waals surface area contributed by atoms with Gasteiger partial charge in [0.05, 0.1) is 11.2 Å². The van der Waals surface area contributed by atoms with E-state index in [0.717, 1.165) is 60.8 Å². The fourth-order valence-electron chi connectivity index (χ4n) is 3.29. The molecule has 0 saturated carbocycles. The highest BCUT2D eigenvalue weighted by atomic mass is 32.2. The third kappa shape index (κ3) is 4.24. The SMILES string of the molecule is CSCCNC(=O)C1CCN(c2nc(C)c3ccc(C)cc3n2)CC1. The monoisotopic (exact) mass is 358 g/mol. The van der Waals surface area contributed by atoms with Gasteiger partial charge < -0.3 is 10.2 Å². The molecular weight excluding hydrogens is 332 g/mol. The first kappa shape index (κ1) is 18.0. The number of hydrogen-bond donors (Lipinski definition) is 1. The van der Waals surface area contributed by atoms with Crippen LogP contribution in [0.4, 0.5) is 5.95 Å². The maximum absolute atomic E-state index is 12.2. The van der Waals surface area contributed by atoms with Crippen molar-refractivity contribution < 1.29 is 4.79 Å². The van der Waals surface area contributed by atoms with Crippen LogP contribution in [0, 0.1) is 19.8 Å². The Morgan fingerprint density at radius 1 is 1.28 bits per heavy atom. The average molecular weight is 359 g/mol. The number of benzene rings is 1. The molecule has 0 unspecified atom stereocenters. The summed E-state index contributed by atoms with van der Waals surface area (Å²) >= 11 is 1.75. The number of nitrogens with zero attached hydrogens (tertiary/aromatic N) is 3. The summed E-state index contributed by atoms with van der Waals surface area (Å²) < 4.78 is 0. The van der Waals surface area contributed by atoms with Crippen LogP contribution >= 0.6 is 11.8 Å². The number of nitrogens with one attached hydrogen (secondary N) is 1. The molecule has 2 aromatic rings. The van der Waals surface area contributed by atoms with Crippen LogP contribution in [-0.2, 0) is 4.79 Å². The minimum atomic E-state index is 0.113. The number of rotatable bonds is 5. The van der Waals surface area contributed by atoms with Crippen molar-refractivity contribution in [1.29, 1.82) is 0 Å². The van der Waals surface area contributed by atoms with Gasteiger partial charge in [-0.2, -0.15) is 11.8 Å². The first-order valence-electron chi connectivity index (χ1n) is 8.85. The topological polar surface area (TPSA) is 58.1 Å². The molecule has 5 nitrogen and oxygen atoms in total. The standard InChI is InChI=1S/C19H26N4OS/c1-13-4-5-16-14(2)21-19(22-17(16)12-13)23-9-6-15(7-10-23)18(24)20-8-11-25-3/h4-5,12,15H,6-11H2,1-3H3,(H,20,24). The summed E-state index contributed by atoms with van der Waals surface area (Å²) in [6, 6.07) is 6.30. The number of anilines is 1. The maximum Gasteiger partial charge on any atom is 0.226 e. The number of aromatic nitrogens is 2. The predicted octanol–water partition coefficient (Wildman–Crippen LogP) is 2.94. The molecule has 0 aliphatic carbocycles. The number of carbonyl (C=O) groups is 1. The summed E-state index contributed by atoms with van der Waals surface area (Å²) in [5, 5.41) is 4.15. The Hall–Kier alpha value is -1.82. The van der Waals surface area contributed by atoms with Crippen LogP contribution in [0.2, 0.25) is 0 Å². The largest absolute Gasteiger partial charge is 0.355 e. The van der Waals surface area contributed by atoms with Gasteiger partial charge in [0, 0.05) is 36.7 Å². The summed E-state index contributed by atoms with van der Waals surface area (Å²) in [6.45, 7) is 6.54. The molecular formula is C19H26N4OS. The zero-order valence-corrected chi connectivity index (χ0v) is 16.0. The van der Waals surface area contributed by atoms with E-state index in [0.29, 0.717) is 0 Å². The van der Waals surface area contributed by atoms with E-state index in [9.17, 15) is 4.79 Å². The van der Waals surface area contributed by atoms with Crippen molar-refractivity contribution in [3.63, 3.8) is 0 Å². The third-order valence-electron chi connectivity index (χ3n) is 4.79. The Bertz CT molecular complexity index is 756. The van der Waals surface area contributed by atoms with Gasteiger partial charge in [-0.15, -0.1) is 0 Å². The molecule has 6 heteroatoms. The molecule has 1 N–H and O–H groups in total. The molecule has 1 aliphatic heterocycles. The molecule has 1 aromatic carbocycles. The van der Waals surface area contributed by atoms with Gasteiger partial charge in [0.15, 0.2) is 0 Å². The van der Waals surface area contributed by atoms with E-state index in [2.05, 4.69) is 41.6 Å². The molecule has 25 heavy (non-hydrogen) atoms. The molecule has 1 aliphatic rings. The molecule has 1 aromatic heterocycles. The van der Waals surface area contributed by atoms with Gasteiger partial charge in [-0.1, -0.05) is 12.1 Å². The van der Waals surface area contributed by atoms with E-state index in [1.807, 2.05) is 6.92 Å². The fourth-order valence-corrected chi connectivity index (χ4v) is 3.59. The van der Waals surface area contributed by atoms with Crippen molar-refractivity contribution in [2.45, 2.75) is 26.7 Å². The van der Waals surface area contributed by atoms with Crippen molar-refractivity contribution in [3.05, 3.63) is 29.5 Å². The molecule has 1 amide bonds. The van der Waals surface area contributed by atoms with Gasteiger partial charge in [-0.05, 0) is 44.6 Å². The highest BCUT2D eigenvalue weighted by Crippen LogP contribution is 2.24. The quantitative estimate of drug-likeness (QED) is 0.833. The lowest BCUT2D eigenvalue weighted by molar-refractivity contribution is -0.125. The molecule has 3 rings (SSSR count). The fraction of sp³-hybridized carbons (Fsp3) is 0.526. The third-order valence-corrected chi connectivity index (χ3v) is 5.40. The molecule has 1 saturated heterocycles. The Balaban J connectivity index is 1.66. The summed E-state index contributed by atoms with van der Waals surface area (Å²) in [6.07, 6.45) is 3.77. The maximum atomic E-state index is 12.2. The zero-order chi connectivity index (χ0) is 17.8. The molecule has 0 bridgehead atoms. The van der Waals surface area contributed by atoms with Gasteiger partial charge >= 0.3 is 0 Å². The molecule has 134 valence electrons. The number of amides is 1. The first-order chi connectivity index (χ1) is 12.1. The van der Waals surface area contributed by atoms with Gasteiger partial charge in [-0.3, -0.25) is 4.79 Å². The van der Waals surface area contributed by atoms with Crippen molar-refractivity contribution in [3.8, 4) is 0 Å². The molecule has 0 radical (unpaired) electrons. The number of aryl methyl sites for hydroxylation is 2. The number of hydrogen-bond acceptors (Lipinski definition) is 5.